The van der Waals surface area contributed by atoms with Crippen molar-refractivity contribution in [3.8, 4) is 0 Å². The van der Waals surface area contributed by atoms with Crippen LogP contribution >= 0.6 is 11.6 Å². The molecule has 1 aliphatic heterocycles. The van der Waals surface area contributed by atoms with E-state index in [1.165, 1.54) is 14.0 Å². The van der Waals surface area contributed by atoms with Gasteiger partial charge in [0.1, 0.15) is 0 Å². The van der Waals surface area contributed by atoms with Crippen molar-refractivity contribution >= 4 is 23.5 Å². The summed E-state index contributed by atoms with van der Waals surface area (Å²) in [5, 5.41) is 2.07. The van der Waals surface area contributed by atoms with Gasteiger partial charge in [0.2, 0.25) is 0 Å². The fraction of sp³-hybridized carbons (Fsp3) is 0.600. The molecule has 0 saturated carbocycles. The summed E-state index contributed by atoms with van der Waals surface area (Å²) in [7, 11) is 1.47. The van der Waals surface area contributed by atoms with E-state index in [0.717, 1.165) is 4.90 Å². The minimum atomic E-state index is -1.21. The zero-order valence-corrected chi connectivity index (χ0v) is 6.40. The third-order valence-corrected chi connectivity index (χ3v) is 1.99. The molecule has 0 aromatic rings. The third kappa shape index (κ3) is 0.759. The SMILES string of the molecule is CN1C(=O)NC(=O)C1(C)Cl. The van der Waals surface area contributed by atoms with Crippen molar-refractivity contribution in [1.82, 2.24) is 10.2 Å². The Hall–Kier alpha value is -0.770. The maximum absolute atomic E-state index is 10.8. The summed E-state index contributed by atoms with van der Waals surface area (Å²) in [5.74, 6) is -0.471. The Morgan fingerprint density at radius 2 is 2.10 bits per heavy atom. The normalized spacial score (nSPS) is 32.9. The molecule has 0 aromatic heterocycles. The molecule has 0 spiro atoms. The van der Waals surface area contributed by atoms with Crippen LogP contribution < -0.4 is 5.32 Å². The van der Waals surface area contributed by atoms with Crippen LogP contribution in [0.15, 0.2) is 0 Å². The molecule has 1 unspecified atom stereocenters. The summed E-state index contributed by atoms with van der Waals surface area (Å²) in [6.45, 7) is 1.47. The second-order valence-electron chi connectivity index (χ2n) is 2.27. The van der Waals surface area contributed by atoms with E-state index in [4.69, 9.17) is 11.6 Å². The molecule has 1 fully saturated rings. The van der Waals surface area contributed by atoms with Crippen LogP contribution in [0.1, 0.15) is 6.92 Å². The molecule has 1 N–H and O–H groups in total. The highest BCUT2D eigenvalue weighted by atomic mass is 35.5. The van der Waals surface area contributed by atoms with Crippen LogP contribution in [-0.4, -0.2) is 28.9 Å². The lowest BCUT2D eigenvalue weighted by Gasteiger charge is -2.19. The average molecular weight is 163 g/mol. The predicted octanol–water partition coefficient (Wildman–Crippen LogP) is 0.123. The molecule has 0 radical (unpaired) electrons. The van der Waals surface area contributed by atoms with E-state index < -0.39 is 16.9 Å². The lowest BCUT2D eigenvalue weighted by atomic mass is 10.3. The Morgan fingerprint density at radius 1 is 1.60 bits per heavy atom. The lowest BCUT2D eigenvalue weighted by Crippen LogP contribution is -2.38. The first kappa shape index (κ1) is 7.34. The maximum atomic E-state index is 10.8. The molecule has 3 amide bonds. The Bertz CT molecular complexity index is 202. The first-order chi connectivity index (χ1) is 4.46. The minimum Gasteiger partial charge on any atom is -0.300 e. The van der Waals surface area contributed by atoms with Gasteiger partial charge in [0.05, 0.1) is 0 Å². The number of hydrogen-bond acceptors (Lipinski definition) is 2. The Labute approximate surface area is 63.1 Å². The average Bonchev–Trinajstić information content (AvgIpc) is 1.97. The molecule has 4 nitrogen and oxygen atoms in total. The van der Waals surface area contributed by atoms with Crippen molar-refractivity contribution in [3.63, 3.8) is 0 Å². The van der Waals surface area contributed by atoms with Gasteiger partial charge < -0.3 is 4.90 Å². The fourth-order valence-electron chi connectivity index (χ4n) is 0.638. The number of hydrogen-bond donors (Lipinski definition) is 1. The lowest BCUT2D eigenvalue weighted by molar-refractivity contribution is -0.122. The monoisotopic (exact) mass is 162 g/mol. The number of likely N-dealkylation sites (N-methyl/N-ethyl adjacent to an activating group) is 1. The van der Waals surface area contributed by atoms with E-state index in [2.05, 4.69) is 5.32 Å². The van der Waals surface area contributed by atoms with Crippen molar-refractivity contribution in [2.45, 2.75) is 11.9 Å². The largest absolute Gasteiger partial charge is 0.325 e. The van der Waals surface area contributed by atoms with Crippen LogP contribution in [0, 0.1) is 0 Å². The van der Waals surface area contributed by atoms with Gasteiger partial charge in [-0.3, -0.25) is 10.1 Å². The standard InChI is InChI=1S/C5H7ClN2O2/c1-5(6)3(9)7-4(10)8(5)2/h1-2H3,(H,7,9,10). The first-order valence-electron chi connectivity index (χ1n) is 2.74. The van der Waals surface area contributed by atoms with Crippen LogP contribution in [0.5, 0.6) is 0 Å². The van der Waals surface area contributed by atoms with Gasteiger partial charge in [-0.2, -0.15) is 0 Å². The first-order valence-corrected chi connectivity index (χ1v) is 3.12. The Morgan fingerprint density at radius 3 is 2.20 bits per heavy atom. The number of nitrogens with one attached hydrogen (secondary N) is 1. The molecule has 1 saturated heterocycles. The number of halogens is 1. The van der Waals surface area contributed by atoms with E-state index >= 15 is 0 Å². The molecule has 10 heavy (non-hydrogen) atoms. The highest BCUT2D eigenvalue weighted by molar-refractivity contribution is 6.38. The number of amides is 3. The van der Waals surface area contributed by atoms with E-state index in [-0.39, 0.29) is 0 Å². The van der Waals surface area contributed by atoms with Crippen LogP contribution in [-0.2, 0) is 4.79 Å². The molecule has 1 heterocycles. The quantitative estimate of drug-likeness (QED) is 0.313. The number of imide groups is 1. The summed E-state index contributed by atoms with van der Waals surface area (Å²) in [6, 6.07) is -0.456. The van der Waals surface area contributed by atoms with E-state index in [1.807, 2.05) is 0 Å². The summed E-state index contributed by atoms with van der Waals surface area (Å²) < 4.78 is 0. The van der Waals surface area contributed by atoms with Gasteiger partial charge in [-0.15, -0.1) is 0 Å². The van der Waals surface area contributed by atoms with Gasteiger partial charge in [-0.05, 0) is 6.92 Å². The van der Waals surface area contributed by atoms with E-state index in [9.17, 15) is 9.59 Å². The zero-order valence-electron chi connectivity index (χ0n) is 5.64. The molecule has 1 aliphatic rings. The van der Waals surface area contributed by atoms with Gasteiger partial charge in [0.25, 0.3) is 5.91 Å². The van der Waals surface area contributed by atoms with Crippen molar-refractivity contribution in [1.29, 1.82) is 0 Å². The molecule has 5 heteroatoms. The Kier molecular flexibility index (Phi) is 1.36. The maximum Gasteiger partial charge on any atom is 0.325 e. The number of alkyl halides is 1. The zero-order chi connectivity index (χ0) is 7.94. The van der Waals surface area contributed by atoms with Crippen LogP contribution in [0.3, 0.4) is 0 Å². The predicted molar refractivity (Wildman–Crippen MR) is 35.6 cm³/mol. The smallest absolute Gasteiger partial charge is 0.300 e. The summed E-state index contributed by atoms with van der Waals surface area (Å²) >= 11 is 5.66. The van der Waals surface area contributed by atoms with Gasteiger partial charge >= 0.3 is 6.03 Å². The summed E-state index contributed by atoms with van der Waals surface area (Å²) in [6.07, 6.45) is 0. The second-order valence-corrected chi connectivity index (χ2v) is 3.01. The van der Waals surface area contributed by atoms with Crippen molar-refractivity contribution in [2.75, 3.05) is 7.05 Å². The molecule has 0 bridgehead atoms. The molecular weight excluding hydrogens is 156 g/mol. The topological polar surface area (TPSA) is 49.4 Å². The molecule has 56 valence electrons. The third-order valence-electron chi connectivity index (χ3n) is 1.57. The molecule has 1 atom stereocenters. The van der Waals surface area contributed by atoms with Crippen LogP contribution in [0.2, 0.25) is 0 Å². The van der Waals surface area contributed by atoms with Crippen LogP contribution in [0.4, 0.5) is 4.79 Å². The van der Waals surface area contributed by atoms with Crippen molar-refractivity contribution < 1.29 is 9.59 Å². The highest BCUT2D eigenvalue weighted by Crippen LogP contribution is 2.23. The highest BCUT2D eigenvalue weighted by Gasteiger charge is 2.45. The van der Waals surface area contributed by atoms with Crippen LogP contribution in [0.25, 0.3) is 0 Å². The van der Waals surface area contributed by atoms with Crippen molar-refractivity contribution in [2.24, 2.45) is 0 Å². The molecule has 0 aliphatic carbocycles. The van der Waals surface area contributed by atoms with Gasteiger partial charge in [0, 0.05) is 7.05 Å². The summed E-state index contributed by atoms with van der Waals surface area (Å²) in [5.41, 5.74) is 0. The van der Waals surface area contributed by atoms with Gasteiger partial charge in [-0.1, -0.05) is 11.6 Å². The Balaban J connectivity index is 2.96. The molecule has 1 rings (SSSR count). The van der Waals surface area contributed by atoms with Gasteiger partial charge in [0.15, 0.2) is 5.00 Å². The van der Waals surface area contributed by atoms with Gasteiger partial charge in [-0.25, -0.2) is 4.79 Å². The fourth-order valence-corrected chi connectivity index (χ4v) is 0.762. The number of nitrogens with zero attached hydrogens (tertiary/aromatic N) is 1. The molecular formula is C5H7ClN2O2. The molecule has 0 aromatic carbocycles. The number of carbonyl (C=O) groups excluding carboxylic acids is 2. The number of carbonyl (C=O) groups is 2. The minimum absolute atomic E-state index is 0.456. The number of rotatable bonds is 0. The summed E-state index contributed by atoms with van der Waals surface area (Å²) in [4.78, 5) is 21.5. The van der Waals surface area contributed by atoms with E-state index in [0.29, 0.717) is 0 Å². The number of urea groups is 1. The second kappa shape index (κ2) is 1.85. The van der Waals surface area contributed by atoms with E-state index in [1.54, 1.807) is 0 Å². The van der Waals surface area contributed by atoms with Crippen molar-refractivity contribution in [3.05, 3.63) is 0 Å².